The molecule has 3 nitrogen and oxygen atoms in total. The first kappa shape index (κ1) is 5.88. The molecule has 0 aliphatic carbocycles. The van der Waals surface area contributed by atoms with Crippen molar-refractivity contribution in [1.29, 1.82) is 0 Å². The molecule has 1 heterocycles. The van der Waals surface area contributed by atoms with E-state index < -0.39 is 0 Å². The fourth-order valence-electron chi connectivity index (χ4n) is 0.692. The van der Waals surface area contributed by atoms with E-state index in [9.17, 15) is 4.91 Å². The third-order valence-electron chi connectivity index (χ3n) is 1.20. The van der Waals surface area contributed by atoms with E-state index in [2.05, 4.69) is 5.29 Å². The third kappa shape index (κ3) is 0.940. The van der Waals surface area contributed by atoms with Gasteiger partial charge in [-0.1, -0.05) is 0 Å². The van der Waals surface area contributed by atoms with Crippen molar-refractivity contribution < 1.29 is 0 Å². The molecule has 4 heteroatoms. The molecule has 0 aromatic carbocycles. The molecule has 0 unspecified atom stereocenters. The van der Waals surface area contributed by atoms with E-state index in [-0.39, 0.29) is 0 Å². The van der Waals surface area contributed by atoms with Crippen LogP contribution in [0, 0.1) is 4.91 Å². The first-order valence-electron chi connectivity index (χ1n) is 2.56. The second-order valence-electron chi connectivity index (χ2n) is 1.71. The summed E-state index contributed by atoms with van der Waals surface area (Å²) in [5.74, 6) is 1.03. The number of hydrogen-bond acceptors (Lipinski definition) is 3. The molecule has 0 radical (unpaired) electrons. The van der Waals surface area contributed by atoms with E-state index in [0.29, 0.717) is 5.37 Å². The summed E-state index contributed by atoms with van der Waals surface area (Å²) in [7, 11) is 0. The highest BCUT2D eigenvalue weighted by Gasteiger charge is 2.19. The number of hydrogen-bond donors (Lipinski definition) is 0. The van der Waals surface area contributed by atoms with Crippen LogP contribution < -0.4 is 0 Å². The summed E-state index contributed by atoms with van der Waals surface area (Å²) in [6, 6.07) is 0. The lowest BCUT2D eigenvalue weighted by Gasteiger charge is -2.09. The summed E-state index contributed by atoms with van der Waals surface area (Å²) in [4.78, 5) is 9.88. The molecule has 1 aliphatic rings. The predicted molar refractivity (Wildman–Crippen MR) is 34.4 cm³/mol. The molecule has 1 aliphatic heterocycles. The SMILES string of the molecule is C[C@@H]1SCCN1N=O. The maximum Gasteiger partial charge on any atom is 0.0927 e. The van der Waals surface area contributed by atoms with Gasteiger partial charge in [-0.25, -0.2) is 5.01 Å². The summed E-state index contributed by atoms with van der Waals surface area (Å²) >= 11 is 1.76. The highest BCUT2D eigenvalue weighted by atomic mass is 32.2. The van der Waals surface area contributed by atoms with Crippen molar-refractivity contribution in [3.8, 4) is 0 Å². The minimum Gasteiger partial charge on any atom is -0.247 e. The molecular formula is C4H8N2OS. The van der Waals surface area contributed by atoms with Crippen molar-refractivity contribution in [2.24, 2.45) is 5.29 Å². The molecule has 0 aromatic heterocycles. The van der Waals surface area contributed by atoms with Crippen LogP contribution in [0.5, 0.6) is 0 Å². The molecule has 1 fully saturated rings. The standard InChI is InChI=1S/C4H8N2OS/c1-4-6(5-7)2-3-8-4/h4H,2-3H2,1H3/t4-/m0/s1. The number of nitrogens with zero attached hydrogens (tertiary/aromatic N) is 2. The Balaban J connectivity index is 2.41. The Kier molecular flexibility index (Phi) is 1.73. The first-order chi connectivity index (χ1) is 3.84. The van der Waals surface area contributed by atoms with Gasteiger partial charge in [0.25, 0.3) is 0 Å². The average molecular weight is 132 g/mol. The van der Waals surface area contributed by atoms with Gasteiger partial charge in [-0.15, -0.1) is 16.7 Å². The molecule has 0 aromatic rings. The Labute approximate surface area is 52.4 Å². The predicted octanol–water partition coefficient (Wildman–Crippen LogP) is 1.06. The van der Waals surface area contributed by atoms with Crippen molar-refractivity contribution in [3.05, 3.63) is 4.91 Å². The van der Waals surface area contributed by atoms with E-state index in [4.69, 9.17) is 0 Å². The number of nitroso groups, excluding NO2 is 1. The van der Waals surface area contributed by atoms with Gasteiger partial charge in [0.1, 0.15) is 0 Å². The van der Waals surface area contributed by atoms with Gasteiger partial charge in [0.15, 0.2) is 0 Å². The second-order valence-corrected chi connectivity index (χ2v) is 3.14. The van der Waals surface area contributed by atoms with E-state index in [0.717, 1.165) is 12.3 Å². The number of rotatable bonds is 1. The lowest BCUT2D eigenvalue weighted by molar-refractivity contribution is 0.312. The maximum atomic E-state index is 9.88. The Hall–Kier alpha value is -0.250. The summed E-state index contributed by atoms with van der Waals surface area (Å²) < 4.78 is 0. The van der Waals surface area contributed by atoms with Gasteiger partial charge < -0.3 is 0 Å². The molecule has 0 spiro atoms. The third-order valence-corrected chi connectivity index (χ3v) is 2.35. The summed E-state index contributed by atoms with van der Waals surface area (Å²) in [6.45, 7) is 2.80. The fourth-order valence-corrected chi connectivity index (χ4v) is 1.64. The molecule has 46 valence electrons. The lowest BCUT2D eigenvalue weighted by atomic mass is 10.6. The van der Waals surface area contributed by atoms with Gasteiger partial charge >= 0.3 is 0 Å². The van der Waals surface area contributed by atoms with Crippen LogP contribution in [0.1, 0.15) is 6.92 Å². The summed E-state index contributed by atoms with van der Waals surface area (Å²) in [5, 5.41) is 4.69. The monoisotopic (exact) mass is 132 g/mol. The van der Waals surface area contributed by atoms with Gasteiger partial charge in [0.05, 0.1) is 10.7 Å². The van der Waals surface area contributed by atoms with Gasteiger partial charge in [0, 0.05) is 12.3 Å². The zero-order valence-corrected chi connectivity index (χ0v) is 5.52. The van der Waals surface area contributed by atoms with Gasteiger partial charge in [0.2, 0.25) is 0 Å². The van der Waals surface area contributed by atoms with Crippen LogP contribution in [0.3, 0.4) is 0 Å². The Morgan fingerprint density at radius 2 is 2.62 bits per heavy atom. The smallest absolute Gasteiger partial charge is 0.0927 e. The van der Waals surface area contributed by atoms with Crippen LogP contribution in [0.4, 0.5) is 0 Å². The molecular weight excluding hydrogens is 124 g/mol. The topological polar surface area (TPSA) is 32.7 Å². The van der Waals surface area contributed by atoms with Crippen LogP contribution in [0.15, 0.2) is 5.29 Å². The molecule has 0 N–H and O–H groups in total. The first-order valence-corrected chi connectivity index (χ1v) is 3.61. The molecule has 1 rings (SSSR count). The molecule has 0 amide bonds. The second kappa shape index (κ2) is 2.35. The highest BCUT2D eigenvalue weighted by Crippen LogP contribution is 2.22. The zero-order chi connectivity index (χ0) is 5.98. The van der Waals surface area contributed by atoms with Gasteiger partial charge in [-0.3, -0.25) is 0 Å². The largest absolute Gasteiger partial charge is 0.247 e. The Morgan fingerprint density at radius 3 is 2.88 bits per heavy atom. The fraction of sp³-hybridized carbons (Fsp3) is 1.00. The molecule has 1 saturated heterocycles. The minimum atomic E-state index is 0.299. The van der Waals surface area contributed by atoms with Crippen molar-refractivity contribution in [3.63, 3.8) is 0 Å². The molecule has 0 saturated carbocycles. The Bertz CT molecular complexity index is 98.0. The maximum absolute atomic E-state index is 9.88. The lowest BCUT2D eigenvalue weighted by Crippen LogP contribution is -2.18. The van der Waals surface area contributed by atoms with Crippen molar-refractivity contribution in [2.45, 2.75) is 12.3 Å². The normalized spacial score (nSPS) is 28.6. The quantitative estimate of drug-likeness (QED) is 0.500. The Morgan fingerprint density at radius 1 is 1.88 bits per heavy atom. The van der Waals surface area contributed by atoms with E-state index in [1.807, 2.05) is 6.92 Å². The average Bonchev–Trinajstić information content (AvgIpc) is 2.14. The van der Waals surface area contributed by atoms with Crippen LogP contribution in [0.2, 0.25) is 0 Å². The number of thioether (sulfide) groups is 1. The van der Waals surface area contributed by atoms with Gasteiger partial charge in [-0.2, -0.15) is 0 Å². The highest BCUT2D eigenvalue weighted by molar-refractivity contribution is 8.00. The molecule has 8 heavy (non-hydrogen) atoms. The van der Waals surface area contributed by atoms with E-state index in [1.165, 1.54) is 0 Å². The zero-order valence-electron chi connectivity index (χ0n) is 4.70. The van der Waals surface area contributed by atoms with Crippen molar-refractivity contribution >= 4 is 11.8 Å². The summed E-state index contributed by atoms with van der Waals surface area (Å²) in [6.07, 6.45) is 0. The van der Waals surface area contributed by atoms with E-state index in [1.54, 1.807) is 16.8 Å². The molecule has 1 atom stereocenters. The minimum absolute atomic E-state index is 0.299. The van der Waals surface area contributed by atoms with Crippen molar-refractivity contribution in [1.82, 2.24) is 5.01 Å². The van der Waals surface area contributed by atoms with E-state index >= 15 is 0 Å². The summed E-state index contributed by atoms with van der Waals surface area (Å²) in [5.41, 5.74) is 0. The molecule has 0 bridgehead atoms. The van der Waals surface area contributed by atoms with Crippen LogP contribution in [-0.4, -0.2) is 22.7 Å². The van der Waals surface area contributed by atoms with Crippen LogP contribution >= 0.6 is 11.8 Å². The van der Waals surface area contributed by atoms with Gasteiger partial charge in [-0.05, 0) is 6.92 Å². The van der Waals surface area contributed by atoms with Crippen molar-refractivity contribution in [2.75, 3.05) is 12.3 Å². The van der Waals surface area contributed by atoms with Crippen LogP contribution in [0.25, 0.3) is 0 Å². The van der Waals surface area contributed by atoms with Crippen LogP contribution in [-0.2, 0) is 0 Å².